The predicted molar refractivity (Wildman–Crippen MR) is 51.4 cm³/mol. The number of oxazole rings is 1. The molecule has 1 aromatic heterocycles. The van der Waals surface area contributed by atoms with E-state index in [1.54, 1.807) is 6.92 Å². The summed E-state index contributed by atoms with van der Waals surface area (Å²) in [6, 6.07) is 11.5. The summed E-state index contributed by atoms with van der Waals surface area (Å²) in [6.45, 7) is 1.76. The van der Waals surface area contributed by atoms with Crippen molar-refractivity contribution in [2.45, 2.75) is 6.92 Å². The molecule has 2 aromatic rings. The fraction of sp³-hybridized carbons (Fsp3) is 0.0909. The first-order valence-corrected chi connectivity index (χ1v) is 4.24. The fourth-order valence-electron chi connectivity index (χ4n) is 1.20. The first-order chi connectivity index (χ1) is 6.81. The average Bonchev–Trinajstić information content (AvgIpc) is 2.61. The van der Waals surface area contributed by atoms with Gasteiger partial charge in [-0.15, -0.1) is 0 Å². The van der Waals surface area contributed by atoms with Gasteiger partial charge in [-0.3, -0.25) is 0 Å². The van der Waals surface area contributed by atoms with Crippen molar-refractivity contribution in [3.8, 4) is 17.5 Å². The summed E-state index contributed by atoms with van der Waals surface area (Å²) in [6.07, 6.45) is 0. The van der Waals surface area contributed by atoms with Gasteiger partial charge in [0.15, 0.2) is 0 Å². The Morgan fingerprint density at radius 2 is 2.00 bits per heavy atom. The Balaban J connectivity index is 2.50. The van der Waals surface area contributed by atoms with Crippen LogP contribution in [0.5, 0.6) is 0 Å². The quantitative estimate of drug-likeness (QED) is 0.684. The number of nitriles is 1. The molecule has 0 bridgehead atoms. The van der Waals surface area contributed by atoms with E-state index in [1.165, 1.54) is 0 Å². The summed E-state index contributed by atoms with van der Waals surface area (Å²) in [5.74, 6) is 0.781. The van der Waals surface area contributed by atoms with Gasteiger partial charge in [0, 0.05) is 5.56 Å². The van der Waals surface area contributed by atoms with Gasteiger partial charge in [0.05, 0.1) is 5.69 Å². The van der Waals surface area contributed by atoms with Gasteiger partial charge in [-0.25, -0.2) is 4.98 Å². The summed E-state index contributed by atoms with van der Waals surface area (Å²) in [5, 5.41) is 8.69. The molecule has 0 aliphatic rings. The Hall–Kier alpha value is -2.08. The third-order valence-corrected chi connectivity index (χ3v) is 1.92. The minimum absolute atomic E-state index is 0.281. The number of nitrogens with zero attached hydrogens (tertiary/aromatic N) is 2. The normalized spacial score (nSPS) is 9.71. The van der Waals surface area contributed by atoms with E-state index < -0.39 is 0 Å². The van der Waals surface area contributed by atoms with Crippen molar-refractivity contribution in [3.63, 3.8) is 0 Å². The molecular weight excluding hydrogens is 176 g/mol. The topological polar surface area (TPSA) is 49.8 Å². The molecule has 1 heterocycles. The monoisotopic (exact) mass is 184 g/mol. The van der Waals surface area contributed by atoms with Crippen LogP contribution in [0.25, 0.3) is 11.5 Å². The van der Waals surface area contributed by atoms with E-state index in [1.807, 2.05) is 36.4 Å². The molecule has 68 valence electrons. The van der Waals surface area contributed by atoms with Crippen LogP contribution in [0.2, 0.25) is 0 Å². The standard InChI is InChI=1S/C11H8N2O/c1-8-10(7-12)14-11(13-8)9-5-3-2-4-6-9/h2-6H,1H3. The molecule has 2 rings (SSSR count). The highest BCUT2D eigenvalue weighted by Gasteiger charge is 2.09. The van der Waals surface area contributed by atoms with E-state index in [0.29, 0.717) is 11.6 Å². The van der Waals surface area contributed by atoms with Crippen LogP contribution in [-0.2, 0) is 0 Å². The van der Waals surface area contributed by atoms with E-state index in [2.05, 4.69) is 4.98 Å². The van der Waals surface area contributed by atoms with Crippen LogP contribution in [0, 0.1) is 18.3 Å². The van der Waals surface area contributed by atoms with Crippen LogP contribution in [0.15, 0.2) is 34.7 Å². The van der Waals surface area contributed by atoms with Gasteiger partial charge in [0.2, 0.25) is 11.7 Å². The van der Waals surface area contributed by atoms with Crippen molar-refractivity contribution in [1.82, 2.24) is 4.98 Å². The van der Waals surface area contributed by atoms with Gasteiger partial charge in [-0.2, -0.15) is 5.26 Å². The van der Waals surface area contributed by atoms with Crippen LogP contribution in [-0.4, -0.2) is 4.98 Å². The Morgan fingerprint density at radius 3 is 2.57 bits per heavy atom. The van der Waals surface area contributed by atoms with Crippen LogP contribution in [0.3, 0.4) is 0 Å². The van der Waals surface area contributed by atoms with Crippen molar-refractivity contribution in [2.75, 3.05) is 0 Å². The van der Waals surface area contributed by atoms with Crippen LogP contribution >= 0.6 is 0 Å². The number of hydrogen-bond acceptors (Lipinski definition) is 3. The lowest BCUT2D eigenvalue weighted by atomic mass is 10.2. The zero-order valence-corrected chi connectivity index (χ0v) is 7.69. The van der Waals surface area contributed by atoms with Gasteiger partial charge in [-0.05, 0) is 19.1 Å². The molecule has 0 aliphatic heterocycles. The highest BCUT2D eigenvalue weighted by molar-refractivity contribution is 5.53. The Kier molecular flexibility index (Phi) is 2.04. The number of hydrogen-bond donors (Lipinski definition) is 0. The largest absolute Gasteiger partial charge is 0.425 e. The predicted octanol–water partition coefficient (Wildman–Crippen LogP) is 2.52. The lowest BCUT2D eigenvalue weighted by molar-refractivity contribution is 0.559. The molecule has 0 radical (unpaired) electrons. The number of benzene rings is 1. The zero-order valence-electron chi connectivity index (χ0n) is 7.69. The van der Waals surface area contributed by atoms with Crippen molar-refractivity contribution in [1.29, 1.82) is 5.26 Å². The third-order valence-electron chi connectivity index (χ3n) is 1.92. The van der Waals surface area contributed by atoms with Crippen molar-refractivity contribution in [2.24, 2.45) is 0 Å². The Morgan fingerprint density at radius 1 is 1.29 bits per heavy atom. The Labute approximate surface area is 81.6 Å². The molecule has 3 heteroatoms. The molecule has 3 nitrogen and oxygen atoms in total. The molecule has 0 spiro atoms. The minimum atomic E-state index is 0.281. The molecule has 1 aromatic carbocycles. The van der Waals surface area contributed by atoms with Gasteiger partial charge < -0.3 is 4.42 Å². The van der Waals surface area contributed by atoms with Gasteiger partial charge in [0.25, 0.3) is 0 Å². The van der Waals surface area contributed by atoms with E-state index in [9.17, 15) is 0 Å². The van der Waals surface area contributed by atoms with Gasteiger partial charge >= 0.3 is 0 Å². The molecule has 0 atom stereocenters. The molecular formula is C11H8N2O. The molecule has 0 N–H and O–H groups in total. The molecule has 0 unspecified atom stereocenters. The van der Waals surface area contributed by atoms with Crippen LogP contribution in [0.1, 0.15) is 11.5 Å². The van der Waals surface area contributed by atoms with E-state index in [4.69, 9.17) is 9.68 Å². The smallest absolute Gasteiger partial charge is 0.228 e. The lowest BCUT2D eigenvalue weighted by Gasteiger charge is -1.91. The van der Waals surface area contributed by atoms with E-state index in [0.717, 1.165) is 5.56 Å². The number of aromatic nitrogens is 1. The first kappa shape index (κ1) is 8.52. The first-order valence-electron chi connectivity index (χ1n) is 4.24. The summed E-state index contributed by atoms with van der Waals surface area (Å²) < 4.78 is 5.28. The highest BCUT2D eigenvalue weighted by Crippen LogP contribution is 2.20. The minimum Gasteiger partial charge on any atom is -0.425 e. The summed E-state index contributed by atoms with van der Waals surface area (Å²) >= 11 is 0. The van der Waals surface area contributed by atoms with Crippen molar-refractivity contribution >= 4 is 0 Å². The molecule has 0 saturated carbocycles. The Bertz CT molecular complexity index is 480. The maximum Gasteiger partial charge on any atom is 0.228 e. The molecule has 14 heavy (non-hydrogen) atoms. The summed E-state index contributed by atoms with van der Waals surface area (Å²) in [4.78, 5) is 4.16. The maximum atomic E-state index is 8.69. The fourth-order valence-corrected chi connectivity index (χ4v) is 1.20. The molecule has 0 fully saturated rings. The highest BCUT2D eigenvalue weighted by atomic mass is 16.4. The maximum absolute atomic E-state index is 8.69. The average molecular weight is 184 g/mol. The van der Waals surface area contributed by atoms with Gasteiger partial charge in [0.1, 0.15) is 6.07 Å². The van der Waals surface area contributed by atoms with Crippen LogP contribution in [0.4, 0.5) is 0 Å². The second-order valence-corrected chi connectivity index (χ2v) is 2.91. The van der Waals surface area contributed by atoms with E-state index >= 15 is 0 Å². The molecule has 0 saturated heterocycles. The summed E-state index contributed by atoms with van der Waals surface area (Å²) in [7, 11) is 0. The van der Waals surface area contributed by atoms with Crippen molar-refractivity contribution < 1.29 is 4.42 Å². The zero-order chi connectivity index (χ0) is 9.97. The summed E-state index contributed by atoms with van der Waals surface area (Å²) in [5.41, 5.74) is 1.52. The number of rotatable bonds is 1. The molecule has 0 amide bonds. The molecule has 0 aliphatic carbocycles. The second kappa shape index (κ2) is 3.35. The second-order valence-electron chi connectivity index (χ2n) is 2.91. The SMILES string of the molecule is Cc1nc(-c2ccccc2)oc1C#N. The lowest BCUT2D eigenvalue weighted by Crippen LogP contribution is -1.76. The van der Waals surface area contributed by atoms with Crippen LogP contribution < -0.4 is 0 Å². The number of aryl methyl sites for hydroxylation is 1. The van der Waals surface area contributed by atoms with Crippen molar-refractivity contribution in [3.05, 3.63) is 41.8 Å². The van der Waals surface area contributed by atoms with Gasteiger partial charge in [-0.1, -0.05) is 18.2 Å². The third kappa shape index (κ3) is 1.38. The van der Waals surface area contributed by atoms with E-state index in [-0.39, 0.29) is 5.76 Å².